The van der Waals surface area contributed by atoms with E-state index in [-0.39, 0.29) is 0 Å². The highest BCUT2D eigenvalue weighted by Gasteiger charge is 2.07. The third-order valence-electron chi connectivity index (χ3n) is 1.98. The molecule has 1 aromatic rings. The van der Waals surface area contributed by atoms with Crippen LogP contribution in [0.25, 0.3) is 0 Å². The van der Waals surface area contributed by atoms with Crippen LogP contribution in [0.1, 0.15) is 20.8 Å². The van der Waals surface area contributed by atoms with Gasteiger partial charge in [0, 0.05) is 6.04 Å². The van der Waals surface area contributed by atoms with Crippen molar-refractivity contribution in [2.24, 2.45) is 5.92 Å². The second-order valence-electron chi connectivity index (χ2n) is 3.40. The van der Waals surface area contributed by atoms with Crippen LogP contribution in [-0.4, -0.2) is 16.0 Å². The lowest BCUT2D eigenvalue weighted by molar-refractivity contribution is 0.558. The maximum absolute atomic E-state index is 5.69. The molecule has 0 bridgehead atoms. The van der Waals surface area contributed by atoms with Crippen molar-refractivity contribution in [3.8, 4) is 0 Å². The Morgan fingerprint density at radius 1 is 1.31 bits per heavy atom. The molecule has 1 rings (SSSR count). The minimum Gasteiger partial charge on any atom is -0.366 e. The Morgan fingerprint density at radius 2 is 2.00 bits per heavy atom. The van der Waals surface area contributed by atoms with Gasteiger partial charge >= 0.3 is 0 Å². The first-order valence-corrected chi connectivity index (χ1v) is 4.71. The third kappa shape index (κ3) is 3.19. The Bertz CT molecular complexity index is 275. The van der Waals surface area contributed by atoms with Crippen molar-refractivity contribution >= 4 is 17.4 Å². The summed E-state index contributed by atoms with van der Waals surface area (Å²) in [5.74, 6) is 1.29. The number of hydrogen-bond acceptors (Lipinski definition) is 3. The largest absolute Gasteiger partial charge is 0.366 e. The summed E-state index contributed by atoms with van der Waals surface area (Å²) in [6.45, 7) is 6.40. The van der Waals surface area contributed by atoms with Gasteiger partial charge in [0.25, 0.3) is 0 Å². The van der Waals surface area contributed by atoms with Crippen LogP contribution in [0.3, 0.4) is 0 Å². The smallest absolute Gasteiger partial charge is 0.149 e. The average molecular weight is 200 g/mol. The number of aromatic nitrogens is 2. The molecule has 0 radical (unpaired) electrons. The van der Waals surface area contributed by atoms with Crippen LogP contribution in [0, 0.1) is 5.92 Å². The van der Waals surface area contributed by atoms with Gasteiger partial charge in [0.15, 0.2) is 0 Å². The molecule has 1 heterocycles. The van der Waals surface area contributed by atoms with Crippen LogP contribution < -0.4 is 5.32 Å². The Labute approximate surface area is 83.5 Å². The number of nitrogens with one attached hydrogen (secondary N) is 1. The zero-order valence-corrected chi connectivity index (χ0v) is 8.84. The van der Waals surface area contributed by atoms with Crippen molar-refractivity contribution in [3.05, 3.63) is 17.5 Å². The molecular weight excluding hydrogens is 186 g/mol. The van der Waals surface area contributed by atoms with E-state index in [4.69, 9.17) is 11.6 Å². The highest BCUT2D eigenvalue weighted by molar-refractivity contribution is 6.29. The number of hydrogen-bond donors (Lipinski definition) is 1. The van der Waals surface area contributed by atoms with Crippen molar-refractivity contribution < 1.29 is 0 Å². The molecule has 0 aromatic carbocycles. The summed E-state index contributed by atoms with van der Waals surface area (Å²) >= 11 is 5.69. The Morgan fingerprint density at radius 3 is 2.54 bits per heavy atom. The second-order valence-corrected chi connectivity index (χ2v) is 3.79. The van der Waals surface area contributed by atoms with E-state index >= 15 is 0 Å². The molecule has 13 heavy (non-hydrogen) atoms. The molecule has 1 aromatic heterocycles. The van der Waals surface area contributed by atoms with E-state index in [9.17, 15) is 0 Å². The molecular formula is C9H14ClN3. The van der Waals surface area contributed by atoms with Gasteiger partial charge in [-0.25, -0.2) is 4.98 Å². The molecule has 1 N–H and O–H groups in total. The minimum atomic E-state index is 0.368. The molecule has 0 fully saturated rings. The quantitative estimate of drug-likeness (QED) is 0.813. The summed E-state index contributed by atoms with van der Waals surface area (Å²) in [5, 5.41) is 3.64. The minimum absolute atomic E-state index is 0.368. The Hall–Kier alpha value is -0.830. The van der Waals surface area contributed by atoms with Gasteiger partial charge in [0.1, 0.15) is 11.0 Å². The van der Waals surface area contributed by atoms with Crippen molar-refractivity contribution in [1.82, 2.24) is 9.97 Å². The molecule has 72 valence electrons. The highest BCUT2D eigenvalue weighted by Crippen LogP contribution is 2.11. The summed E-state index contributed by atoms with van der Waals surface area (Å²) in [6.07, 6.45) is 3.19. The van der Waals surface area contributed by atoms with Crippen LogP contribution in [0.4, 0.5) is 5.82 Å². The van der Waals surface area contributed by atoms with E-state index in [2.05, 4.69) is 36.1 Å². The lowest BCUT2D eigenvalue weighted by Gasteiger charge is -2.17. The number of halogens is 1. The molecule has 0 aliphatic heterocycles. The van der Waals surface area contributed by atoms with Gasteiger partial charge in [-0.1, -0.05) is 25.4 Å². The van der Waals surface area contributed by atoms with Gasteiger partial charge < -0.3 is 5.32 Å². The first-order chi connectivity index (χ1) is 6.09. The third-order valence-corrected chi connectivity index (χ3v) is 2.16. The standard InChI is InChI=1S/C9H14ClN3/c1-6(2)7(3)12-9-5-11-4-8(10)13-9/h4-7H,1-3H3,(H,12,13). The monoisotopic (exact) mass is 199 g/mol. The lowest BCUT2D eigenvalue weighted by atomic mass is 10.1. The molecule has 0 amide bonds. The van der Waals surface area contributed by atoms with Gasteiger partial charge in [-0.3, -0.25) is 4.98 Å². The van der Waals surface area contributed by atoms with E-state index in [0.29, 0.717) is 17.1 Å². The SMILES string of the molecule is CC(C)C(C)Nc1cncc(Cl)n1. The van der Waals surface area contributed by atoms with Crippen LogP contribution in [0.15, 0.2) is 12.4 Å². The summed E-state index contributed by atoms with van der Waals surface area (Å²) in [4.78, 5) is 8.03. The summed E-state index contributed by atoms with van der Waals surface area (Å²) in [7, 11) is 0. The topological polar surface area (TPSA) is 37.8 Å². The van der Waals surface area contributed by atoms with Gasteiger partial charge in [-0.15, -0.1) is 0 Å². The van der Waals surface area contributed by atoms with Gasteiger partial charge in [0.05, 0.1) is 12.4 Å². The summed E-state index contributed by atoms with van der Waals surface area (Å²) < 4.78 is 0. The molecule has 0 aliphatic rings. The first-order valence-electron chi connectivity index (χ1n) is 4.33. The van der Waals surface area contributed by atoms with E-state index in [1.54, 1.807) is 6.20 Å². The maximum Gasteiger partial charge on any atom is 0.149 e. The number of rotatable bonds is 3. The van der Waals surface area contributed by atoms with Crippen molar-refractivity contribution in [2.75, 3.05) is 5.32 Å². The number of nitrogens with zero attached hydrogens (tertiary/aromatic N) is 2. The molecule has 1 atom stereocenters. The van der Waals surface area contributed by atoms with E-state index in [1.807, 2.05) is 0 Å². The Kier molecular flexibility index (Phi) is 3.48. The molecule has 0 aliphatic carbocycles. The van der Waals surface area contributed by atoms with Crippen LogP contribution >= 0.6 is 11.6 Å². The average Bonchev–Trinajstić information content (AvgIpc) is 2.04. The maximum atomic E-state index is 5.69. The highest BCUT2D eigenvalue weighted by atomic mass is 35.5. The summed E-state index contributed by atoms with van der Waals surface area (Å²) in [5.41, 5.74) is 0. The molecule has 3 nitrogen and oxygen atoms in total. The molecule has 0 saturated heterocycles. The first kappa shape index (κ1) is 10.3. The molecule has 0 spiro atoms. The van der Waals surface area contributed by atoms with Gasteiger partial charge in [-0.05, 0) is 12.8 Å². The fraction of sp³-hybridized carbons (Fsp3) is 0.556. The predicted octanol–water partition coefficient (Wildman–Crippen LogP) is 2.59. The van der Waals surface area contributed by atoms with Crippen molar-refractivity contribution in [3.63, 3.8) is 0 Å². The van der Waals surface area contributed by atoms with Crippen LogP contribution in [0.2, 0.25) is 5.15 Å². The van der Waals surface area contributed by atoms with Crippen molar-refractivity contribution in [2.45, 2.75) is 26.8 Å². The van der Waals surface area contributed by atoms with Crippen LogP contribution in [0.5, 0.6) is 0 Å². The lowest BCUT2D eigenvalue weighted by Crippen LogP contribution is -2.22. The van der Waals surface area contributed by atoms with E-state index < -0.39 is 0 Å². The second kappa shape index (κ2) is 4.42. The Balaban J connectivity index is 2.64. The van der Waals surface area contributed by atoms with E-state index in [0.717, 1.165) is 5.82 Å². The normalized spacial score (nSPS) is 13.0. The zero-order chi connectivity index (χ0) is 9.84. The fourth-order valence-electron chi connectivity index (χ4n) is 0.812. The summed E-state index contributed by atoms with van der Waals surface area (Å²) in [6, 6.07) is 0.368. The zero-order valence-electron chi connectivity index (χ0n) is 8.08. The fourth-order valence-corrected chi connectivity index (χ4v) is 0.959. The molecule has 0 saturated carbocycles. The van der Waals surface area contributed by atoms with Crippen molar-refractivity contribution in [1.29, 1.82) is 0 Å². The predicted molar refractivity (Wildman–Crippen MR) is 55.0 cm³/mol. The van der Waals surface area contributed by atoms with E-state index in [1.165, 1.54) is 6.20 Å². The van der Waals surface area contributed by atoms with Gasteiger partial charge in [0.2, 0.25) is 0 Å². The van der Waals surface area contributed by atoms with Gasteiger partial charge in [-0.2, -0.15) is 0 Å². The molecule has 1 unspecified atom stereocenters. The number of anilines is 1. The molecule has 4 heteroatoms. The van der Waals surface area contributed by atoms with Crippen LogP contribution in [-0.2, 0) is 0 Å².